The second-order valence-electron chi connectivity index (χ2n) is 11.0. The third-order valence-electron chi connectivity index (χ3n) is 7.73. The van der Waals surface area contributed by atoms with Crippen molar-refractivity contribution in [3.63, 3.8) is 0 Å². The minimum absolute atomic E-state index is 0.226. The van der Waals surface area contributed by atoms with Crippen molar-refractivity contribution in [3.8, 4) is 0 Å². The maximum atomic E-state index is 13.1. The minimum Gasteiger partial charge on any atom is -0.346 e. The summed E-state index contributed by atoms with van der Waals surface area (Å²) in [7, 11) is -12.8. The quantitative estimate of drug-likeness (QED) is 0.0943. The molecule has 0 radical (unpaired) electrons. The third kappa shape index (κ3) is 12.1. The van der Waals surface area contributed by atoms with Gasteiger partial charge in [-0.25, -0.2) is 0 Å². The lowest BCUT2D eigenvalue weighted by Gasteiger charge is -2.32. The van der Waals surface area contributed by atoms with Gasteiger partial charge < -0.3 is 13.8 Å². The molecule has 0 N–H and O–H groups in total. The van der Waals surface area contributed by atoms with Crippen LogP contribution in [0.25, 0.3) is 0 Å². The van der Waals surface area contributed by atoms with E-state index in [4.69, 9.17) is 17.6 Å². The lowest BCUT2D eigenvalue weighted by atomic mass is 9.98. The first-order chi connectivity index (χ1) is 18.3. The summed E-state index contributed by atoms with van der Waals surface area (Å²) in [6.45, 7) is 6.28. The molecule has 2 rings (SSSR count). The van der Waals surface area contributed by atoms with Gasteiger partial charge in [0.05, 0.1) is 12.2 Å². The second-order valence-corrected chi connectivity index (χ2v) is 18.6. The Kier molecular flexibility index (Phi) is 15.2. The van der Waals surface area contributed by atoms with Crippen LogP contribution in [0.3, 0.4) is 0 Å². The first-order valence-electron chi connectivity index (χ1n) is 14.5. The van der Waals surface area contributed by atoms with Crippen molar-refractivity contribution < 1.29 is 43.6 Å². The molecule has 0 spiro atoms. The van der Waals surface area contributed by atoms with Crippen LogP contribution < -0.4 is 0 Å². The van der Waals surface area contributed by atoms with Gasteiger partial charge in [-0.3, -0.25) is 12.9 Å². The average molecular weight is 637 g/mol. The first kappa shape index (κ1) is 35.4. The Hall–Kier alpha value is 0.200. The van der Waals surface area contributed by atoms with Crippen molar-refractivity contribution in [1.29, 1.82) is 0 Å². The predicted octanol–water partition coefficient (Wildman–Crippen LogP) is 6.40. The smallest absolute Gasteiger partial charge is 0.295 e. The molecule has 5 unspecified atom stereocenters. The van der Waals surface area contributed by atoms with Crippen molar-refractivity contribution in [1.82, 2.24) is 0 Å². The molecule has 0 heterocycles. The highest BCUT2D eigenvalue weighted by atomic mass is 32.2. The largest absolute Gasteiger partial charge is 0.346 e. The molecule has 0 aromatic carbocycles. The zero-order valence-corrected chi connectivity index (χ0v) is 27.7. The molecular weight excluding hydrogens is 586 g/mol. The van der Waals surface area contributed by atoms with E-state index >= 15 is 0 Å². The molecule has 2 saturated carbocycles. The highest BCUT2D eigenvalue weighted by Gasteiger charge is 2.37. The maximum absolute atomic E-state index is 13.1. The molecule has 2 aliphatic carbocycles. The van der Waals surface area contributed by atoms with Gasteiger partial charge >= 0.3 is 0 Å². The van der Waals surface area contributed by atoms with Crippen LogP contribution in [-0.4, -0.2) is 57.6 Å². The normalized spacial score (nSPS) is 23.1. The molecule has 39 heavy (non-hydrogen) atoms. The van der Waals surface area contributed by atoms with Crippen LogP contribution in [0.15, 0.2) is 0 Å². The van der Waals surface area contributed by atoms with Gasteiger partial charge in [0.15, 0.2) is 18.9 Å². The first-order valence-corrected chi connectivity index (χ1v) is 20.6. The Labute approximate surface area is 237 Å². The van der Waals surface area contributed by atoms with E-state index < -0.39 is 52.3 Å². The van der Waals surface area contributed by atoms with Crippen molar-refractivity contribution in [2.75, 3.05) is 12.3 Å². The lowest BCUT2D eigenvalue weighted by molar-refractivity contribution is 0.00641. The van der Waals surface area contributed by atoms with E-state index in [1.165, 1.54) is 13.8 Å². The topological polar surface area (TPSA) is 139 Å². The Morgan fingerprint density at radius 3 is 1.69 bits per heavy atom. The average Bonchev–Trinajstić information content (AvgIpc) is 2.88. The number of ether oxygens (including phenoxy) is 1. The highest BCUT2D eigenvalue weighted by Crippen LogP contribution is 2.45. The molecule has 5 atom stereocenters. The van der Waals surface area contributed by atoms with Crippen LogP contribution in [0.1, 0.15) is 118 Å². The van der Waals surface area contributed by atoms with Crippen LogP contribution in [-0.2, 0) is 47.0 Å². The lowest BCUT2D eigenvalue weighted by Crippen LogP contribution is -2.36. The van der Waals surface area contributed by atoms with Gasteiger partial charge in [-0.2, -0.15) is 16.8 Å². The highest BCUT2D eigenvalue weighted by molar-refractivity contribution is 7.87. The Morgan fingerprint density at radius 2 is 1.21 bits per heavy atom. The van der Waals surface area contributed by atoms with Gasteiger partial charge in [0.25, 0.3) is 20.2 Å². The molecule has 10 nitrogen and oxygen atoms in total. The Morgan fingerprint density at radius 1 is 0.744 bits per heavy atom. The zero-order chi connectivity index (χ0) is 29.1. The number of hydrogen-bond acceptors (Lipinski definition) is 10. The van der Waals surface area contributed by atoms with E-state index in [1.54, 1.807) is 6.92 Å². The van der Waals surface area contributed by atoms with Crippen molar-refractivity contribution in [2.24, 2.45) is 0 Å². The minimum atomic E-state index is -3.95. The summed E-state index contributed by atoms with van der Waals surface area (Å²) in [5.41, 5.74) is -2.51. The molecule has 2 fully saturated rings. The molecule has 0 bridgehead atoms. The fourth-order valence-electron chi connectivity index (χ4n) is 4.93. The summed E-state index contributed by atoms with van der Waals surface area (Å²) in [6, 6.07) is 0. The van der Waals surface area contributed by atoms with Crippen LogP contribution >= 0.6 is 15.8 Å². The van der Waals surface area contributed by atoms with Crippen molar-refractivity contribution >= 4 is 36.1 Å². The summed E-state index contributed by atoms with van der Waals surface area (Å²) in [4.78, 5) is 0. The molecule has 0 aromatic rings. The molecule has 0 aromatic heterocycles. The van der Waals surface area contributed by atoms with E-state index in [2.05, 4.69) is 0 Å². The van der Waals surface area contributed by atoms with Gasteiger partial charge in [0.2, 0.25) is 0 Å². The summed E-state index contributed by atoms with van der Waals surface area (Å²) in [5.74, 6) is 0. The third-order valence-corrected chi connectivity index (χ3v) is 14.6. The molecule has 14 heteroatoms. The zero-order valence-electron chi connectivity index (χ0n) is 24.0. The summed E-state index contributed by atoms with van der Waals surface area (Å²) in [5, 5.41) is -1.08. The molecule has 0 aliphatic heterocycles. The standard InChI is InChI=1S/C25H50O10P2S2/c1-5-25(4,32-21(2)38(28,29)34-23-15-9-6-10-16-23)36(26)19-13-8-14-20-37(27)33-22(3)39(30,31)35-24-17-11-7-12-18-24/h21-24,36-37H,5-20H2,1-4H3. The SMILES string of the molecule is CCC(C)(OC(C)S(=O)(=O)OC1CCCCC1)[PH](=O)CCCCC[PH](=O)OC(C)S(=O)(=O)OC1CCCCC1. The fraction of sp³-hybridized carbons (Fsp3) is 1.00. The van der Waals surface area contributed by atoms with Crippen LogP contribution in [0.5, 0.6) is 0 Å². The van der Waals surface area contributed by atoms with Crippen LogP contribution in [0, 0.1) is 0 Å². The van der Waals surface area contributed by atoms with Gasteiger partial charge in [-0.15, -0.1) is 0 Å². The summed E-state index contributed by atoms with van der Waals surface area (Å²) in [6.07, 6.45) is 10.9. The number of unbranched alkanes of at least 4 members (excludes halogenated alkanes) is 2. The molecule has 0 amide bonds. The van der Waals surface area contributed by atoms with Gasteiger partial charge in [0.1, 0.15) is 13.1 Å². The van der Waals surface area contributed by atoms with Crippen molar-refractivity contribution in [3.05, 3.63) is 0 Å². The number of rotatable bonds is 18. The van der Waals surface area contributed by atoms with E-state index in [9.17, 15) is 26.0 Å². The van der Waals surface area contributed by atoms with E-state index in [-0.39, 0.29) is 18.4 Å². The van der Waals surface area contributed by atoms with Crippen LogP contribution in [0.4, 0.5) is 0 Å². The fourth-order valence-corrected chi connectivity index (χ4v) is 10.4. The summed E-state index contributed by atoms with van der Waals surface area (Å²) >= 11 is 0. The second kappa shape index (κ2) is 16.7. The van der Waals surface area contributed by atoms with E-state index in [0.29, 0.717) is 57.5 Å². The van der Waals surface area contributed by atoms with Gasteiger partial charge in [0, 0.05) is 12.3 Å². The predicted molar refractivity (Wildman–Crippen MR) is 155 cm³/mol. The molecule has 2 aliphatic rings. The Bertz CT molecular complexity index is 992. The molecule has 232 valence electrons. The van der Waals surface area contributed by atoms with Gasteiger partial charge in [-0.1, -0.05) is 51.9 Å². The number of hydrogen-bond donors (Lipinski definition) is 0. The van der Waals surface area contributed by atoms with Gasteiger partial charge in [-0.05, 0) is 65.7 Å². The molecule has 0 saturated heterocycles. The monoisotopic (exact) mass is 636 g/mol. The van der Waals surface area contributed by atoms with E-state index in [0.717, 1.165) is 38.5 Å². The van der Waals surface area contributed by atoms with Crippen molar-refractivity contribution in [2.45, 2.75) is 146 Å². The van der Waals surface area contributed by atoms with E-state index in [1.807, 2.05) is 6.92 Å². The summed E-state index contributed by atoms with van der Waals surface area (Å²) < 4.78 is 97.5. The van der Waals surface area contributed by atoms with Crippen LogP contribution in [0.2, 0.25) is 0 Å². The molecular formula is C25H50O10P2S2. The maximum Gasteiger partial charge on any atom is 0.295 e. The Balaban J connectivity index is 1.71.